The maximum Gasteiger partial charge on any atom is 0.238 e. The van der Waals surface area contributed by atoms with Crippen LogP contribution < -0.4 is 10.1 Å². The van der Waals surface area contributed by atoms with E-state index >= 15 is 0 Å². The number of aryl methyl sites for hydroxylation is 3. The van der Waals surface area contributed by atoms with Gasteiger partial charge in [-0.25, -0.2) is 0 Å². The average Bonchev–Trinajstić information content (AvgIpc) is 2.51. The quantitative estimate of drug-likeness (QED) is 0.832. The second kappa shape index (κ2) is 8.37. The van der Waals surface area contributed by atoms with Gasteiger partial charge in [-0.15, -0.1) is 0 Å². The molecule has 0 saturated carbocycles. The Labute approximate surface area is 154 Å². The number of methoxy groups -OCH3 is 1. The predicted molar refractivity (Wildman–Crippen MR) is 104 cm³/mol. The van der Waals surface area contributed by atoms with Crippen molar-refractivity contribution >= 4 is 23.2 Å². The first-order valence-corrected chi connectivity index (χ1v) is 8.56. The third-order valence-electron chi connectivity index (χ3n) is 4.04. The number of anilines is 1. The summed E-state index contributed by atoms with van der Waals surface area (Å²) in [5.41, 5.74) is 5.19. The van der Waals surface area contributed by atoms with Gasteiger partial charge in [0.25, 0.3) is 0 Å². The van der Waals surface area contributed by atoms with Crippen LogP contribution in [0.1, 0.15) is 22.3 Å². The predicted octanol–water partition coefficient (Wildman–Crippen LogP) is 4.34. The van der Waals surface area contributed by atoms with Crippen LogP contribution in [-0.4, -0.2) is 31.5 Å². The van der Waals surface area contributed by atoms with Crippen molar-refractivity contribution in [3.05, 3.63) is 57.6 Å². The fourth-order valence-corrected chi connectivity index (χ4v) is 3.21. The lowest BCUT2D eigenvalue weighted by Gasteiger charge is -2.19. The van der Waals surface area contributed by atoms with Crippen molar-refractivity contribution in [2.24, 2.45) is 0 Å². The fourth-order valence-electron chi connectivity index (χ4n) is 3.02. The zero-order valence-electron chi connectivity index (χ0n) is 15.4. The van der Waals surface area contributed by atoms with Gasteiger partial charge in [-0.05, 0) is 57.1 Å². The Morgan fingerprint density at radius 1 is 1.16 bits per heavy atom. The highest BCUT2D eigenvalue weighted by Crippen LogP contribution is 2.24. The number of ether oxygens (including phenoxy) is 1. The molecular formula is C20H25ClN2O2. The highest BCUT2D eigenvalue weighted by atomic mass is 35.5. The molecule has 0 saturated heterocycles. The van der Waals surface area contributed by atoms with Crippen LogP contribution in [-0.2, 0) is 11.3 Å². The zero-order valence-corrected chi connectivity index (χ0v) is 16.2. The molecule has 1 N–H and O–H groups in total. The molecular weight excluding hydrogens is 336 g/mol. The van der Waals surface area contributed by atoms with Crippen molar-refractivity contribution < 1.29 is 9.53 Å². The van der Waals surface area contributed by atoms with Gasteiger partial charge < -0.3 is 10.1 Å². The van der Waals surface area contributed by atoms with Crippen molar-refractivity contribution in [3.8, 4) is 5.75 Å². The van der Waals surface area contributed by atoms with Crippen LogP contribution in [0.4, 0.5) is 5.69 Å². The average molecular weight is 361 g/mol. The molecule has 0 radical (unpaired) electrons. The zero-order chi connectivity index (χ0) is 18.6. The van der Waals surface area contributed by atoms with Crippen LogP contribution in [0.5, 0.6) is 5.75 Å². The molecule has 134 valence electrons. The molecule has 0 aliphatic carbocycles. The molecule has 0 unspecified atom stereocenters. The van der Waals surface area contributed by atoms with E-state index in [1.807, 2.05) is 37.9 Å². The van der Waals surface area contributed by atoms with Crippen LogP contribution in [0.25, 0.3) is 0 Å². The molecule has 1 amide bonds. The largest absolute Gasteiger partial charge is 0.496 e. The molecule has 25 heavy (non-hydrogen) atoms. The van der Waals surface area contributed by atoms with E-state index in [1.165, 1.54) is 5.56 Å². The van der Waals surface area contributed by atoms with E-state index in [4.69, 9.17) is 16.3 Å². The molecule has 0 spiro atoms. The number of likely N-dealkylation sites (N-methyl/N-ethyl adjacent to an activating group) is 1. The Morgan fingerprint density at radius 3 is 2.40 bits per heavy atom. The van der Waals surface area contributed by atoms with Gasteiger partial charge in [0, 0.05) is 22.8 Å². The van der Waals surface area contributed by atoms with Crippen LogP contribution in [0.15, 0.2) is 30.3 Å². The fraction of sp³-hybridized carbons (Fsp3) is 0.350. The highest BCUT2D eigenvalue weighted by Gasteiger charge is 2.13. The summed E-state index contributed by atoms with van der Waals surface area (Å²) < 4.78 is 5.36. The topological polar surface area (TPSA) is 41.6 Å². The molecule has 0 heterocycles. The number of benzene rings is 2. The molecule has 4 nitrogen and oxygen atoms in total. The van der Waals surface area contributed by atoms with Crippen LogP contribution in [0, 0.1) is 20.8 Å². The summed E-state index contributed by atoms with van der Waals surface area (Å²) in [6.45, 7) is 6.93. The normalized spacial score (nSPS) is 10.8. The number of carbonyl (C=O) groups is 1. The minimum atomic E-state index is -0.0430. The van der Waals surface area contributed by atoms with Gasteiger partial charge in [0.2, 0.25) is 5.91 Å². The van der Waals surface area contributed by atoms with Crippen LogP contribution >= 0.6 is 11.6 Å². The third-order valence-corrected chi connectivity index (χ3v) is 4.27. The van der Waals surface area contributed by atoms with Gasteiger partial charge in [-0.3, -0.25) is 9.69 Å². The van der Waals surface area contributed by atoms with E-state index in [1.54, 1.807) is 13.2 Å². The molecule has 0 bridgehead atoms. The first-order valence-electron chi connectivity index (χ1n) is 8.18. The minimum absolute atomic E-state index is 0.0430. The number of amides is 1. The number of nitrogens with zero attached hydrogens (tertiary/aromatic N) is 1. The van der Waals surface area contributed by atoms with Gasteiger partial charge in [0.15, 0.2) is 0 Å². The van der Waals surface area contributed by atoms with Gasteiger partial charge in [-0.2, -0.15) is 0 Å². The highest BCUT2D eigenvalue weighted by molar-refractivity contribution is 6.30. The summed E-state index contributed by atoms with van der Waals surface area (Å²) >= 11 is 6.06. The maximum atomic E-state index is 12.4. The molecule has 0 aromatic heterocycles. The van der Waals surface area contributed by atoms with E-state index in [0.29, 0.717) is 11.6 Å². The van der Waals surface area contributed by atoms with E-state index in [2.05, 4.69) is 24.4 Å². The monoisotopic (exact) mass is 360 g/mol. The lowest BCUT2D eigenvalue weighted by Crippen LogP contribution is -2.30. The van der Waals surface area contributed by atoms with E-state index in [0.717, 1.165) is 28.1 Å². The molecule has 0 atom stereocenters. The van der Waals surface area contributed by atoms with Crippen molar-refractivity contribution in [3.63, 3.8) is 0 Å². The first kappa shape index (κ1) is 19.3. The standard InChI is InChI=1S/C20H25ClN2O2/c1-13-8-14(2)20(15(3)9-13)22-19(24)12-23(4)11-16-10-17(21)6-7-18(16)25-5/h6-10H,11-12H2,1-5H3,(H,22,24). The Morgan fingerprint density at radius 2 is 1.80 bits per heavy atom. The summed E-state index contributed by atoms with van der Waals surface area (Å²) in [5.74, 6) is 0.723. The van der Waals surface area contributed by atoms with Crippen molar-refractivity contribution in [2.75, 3.05) is 26.0 Å². The van der Waals surface area contributed by atoms with Gasteiger partial charge >= 0.3 is 0 Å². The van der Waals surface area contributed by atoms with Gasteiger partial charge in [0.05, 0.1) is 13.7 Å². The SMILES string of the molecule is COc1ccc(Cl)cc1CN(C)CC(=O)Nc1c(C)cc(C)cc1C. The van der Waals surface area contributed by atoms with Crippen molar-refractivity contribution in [2.45, 2.75) is 27.3 Å². The number of rotatable bonds is 6. The van der Waals surface area contributed by atoms with Crippen molar-refractivity contribution in [1.29, 1.82) is 0 Å². The number of halogens is 1. The lowest BCUT2D eigenvalue weighted by molar-refractivity contribution is -0.117. The Hall–Kier alpha value is -2.04. The number of hydrogen-bond acceptors (Lipinski definition) is 3. The summed E-state index contributed by atoms with van der Waals surface area (Å²) in [6, 6.07) is 9.64. The third kappa shape index (κ3) is 5.21. The summed E-state index contributed by atoms with van der Waals surface area (Å²) in [4.78, 5) is 14.3. The number of nitrogens with one attached hydrogen (secondary N) is 1. The summed E-state index contributed by atoms with van der Waals surface area (Å²) in [5, 5.41) is 3.68. The Balaban J connectivity index is 2.03. The van der Waals surface area contributed by atoms with Crippen LogP contribution in [0.3, 0.4) is 0 Å². The van der Waals surface area contributed by atoms with E-state index in [-0.39, 0.29) is 12.5 Å². The minimum Gasteiger partial charge on any atom is -0.496 e. The summed E-state index contributed by atoms with van der Waals surface area (Å²) in [6.07, 6.45) is 0. The molecule has 5 heteroatoms. The van der Waals surface area contributed by atoms with Crippen molar-refractivity contribution in [1.82, 2.24) is 4.90 Å². The molecule has 0 aliphatic rings. The van der Waals surface area contributed by atoms with Crippen LogP contribution in [0.2, 0.25) is 5.02 Å². The van der Waals surface area contributed by atoms with E-state index < -0.39 is 0 Å². The Kier molecular flexibility index (Phi) is 6.45. The first-order chi connectivity index (χ1) is 11.8. The summed E-state index contributed by atoms with van der Waals surface area (Å²) in [7, 11) is 3.52. The molecule has 2 rings (SSSR count). The lowest BCUT2D eigenvalue weighted by atomic mass is 10.1. The number of carbonyl (C=O) groups excluding carboxylic acids is 1. The van der Waals surface area contributed by atoms with Gasteiger partial charge in [0.1, 0.15) is 5.75 Å². The molecule has 0 fully saturated rings. The molecule has 2 aromatic rings. The second-order valence-electron chi connectivity index (χ2n) is 6.45. The molecule has 2 aromatic carbocycles. The van der Waals surface area contributed by atoms with Gasteiger partial charge in [-0.1, -0.05) is 29.3 Å². The Bertz CT molecular complexity index is 751. The van der Waals surface area contributed by atoms with E-state index in [9.17, 15) is 4.79 Å². The maximum absolute atomic E-state index is 12.4. The smallest absolute Gasteiger partial charge is 0.238 e. The number of hydrogen-bond donors (Lipinski definition) is 1. The second-order valence-corrected chi connectivity index (χ2v) is 6.89. The molecule has 0 aliphatic heterocycles.